The average molecular weight is 322 g/mol. The first-order chi connectivity index (χ1) is 11.2. The van der Waals surface area contributed by atoms with Crippen molar-refractivity contribution in [3.05, 3.63) is 35.6 Å². The zero-order valence-electron chi connectivity index (χ0n) is 14.7. The molecule has 0 aliphatic heterocycles. The first-order valence-electron chi connectivity index (χ1n) is 8.68. The molecule has 0 heterocycles. The van der Waals surface area contributed by atoms with Gasteiger partial charge in [-0.2, -0.15) is 0 Å². The molecule has 0 radical (unpaired) electrons. The summed E-state index contributed by atoms with van der Waals surface area (Å²) in [7, 11) is 0. The molecule has 0 fully saturated rings. The fourth-order valence-electron chi connectivity index (χ4n) is 2.35. The Morgan fingerprint density at radius 3 is 2.57 bits per heavy atom. The molecule has 0 amide bonds. The maximum atomic E-state index is 13.2. The van der Waals surface area contributed by atoms with Gasteiger partial charge in [-0.25, -0.2) is 9.38 Å². The number of aliphatic imine (C=N–C) groups is 1. The summed E-state index contributed by atoms with van der Waals surface area (Å²) < 4.78 is 13.2. The molecule has 0 saturated carbocycles. The Hall–Kier alpha value is -1.62. The molecule has 23 heavy (non-hydrogen) atoms. The summed E-state index contributed by atoms with van der Waals surface area (Å²) in [5, 5.41) is 6.57. The zero-order valence-corrected chi connectivity index (χ0v) is 14.7. The number of nitrogens with zero attached hydrogens (tertiary/aromatic N) is 2. The Kier molecular flexibility index (Phi) is 10.0. The van der Waals surface area contributed by atoms with E-state index in [1.54, 1.807) is 6.07 Å². The third-order valence-electron chi connectivity index (χ3n) is 3.74. The minimum atomic E-state index is -0.216. The third kappa shape index (κ3) is 8.55. The lowest BCUT2D eigenvalue weighted by Gasteiger charge is -2.18. The molecule has 4 nitrogen and oxygen atoms in total. The molecule has 2 N–H and O–H groups in total. The topological polar surface area (TPSA) is 39.7 Å². The summed E-state index contributed by atoms with van der Waals surface area (Å²) in [5.74, 6) is 0.576. The molecule has 0 aromatic heterocycles. The smallest absolute Gasteiger partial charge is 0.191 e. The fourth-order valence-corrected chi connectivity index (χ4v) is 2.35. The molecule has 130 valence electrons. The summed E-state index contributed by atoms with van der Waals surface area (Å²) in [6, 6.07) is 6.58. The van der Waals surface area contributed by atoms with Crippen molar-refractivity contribution in [2.75, 3.05) is 32.7 Å². The molecule has 0 atom stereocenters. The van der Waals surface area contributed by atoms with Gasteiger partial charge in [0.15, 0.2) is 5.96 Å². The van der Waals surface area contributed by atoms with Crippen LogP contribution in [0.3, 0.4) is 0 Å². The van der Waals surface area contributed by atoms with Gasteiger partial charge in [0.25, 0.3) is 0 Å². The summed E-state index contributed by atoms with van der Waals surface area (Å²) >= 11 is 0. The second kappa shape index (κ2) is 11.9. The Morgan fingerprint density at radius 2 is 1.91 bits per heavy atom. The number of halogens is 1. The predicted octanol–water partition coefficient (Wildman–Crippen LogP) is 3.00. The van der Waals surface area contributed by atoms with E-state index in [-0.39, 0.29) is 5.82 Å². The second-order valence-corrected chi connectivity index (χ2v) is 5.49. The van der Waals surface area contributed by atoms with Crippen molar-refractivity contribution < 1.29 is 4.39 Å². The lowest BCUT2D eigenvalue weighted by Crippen LogP contribution is -2.38. The van der Waals surface area contributed by atoms with Crippen molar-refractivity contribution in [3.8, 4) is 0 Å². The quantitative estimate of drug-likeness (QED) is 0.395. The van der Waals surface area contributed by atoms with Gasteiger partial charge >= 0.3 is 0 Å². The maximum absolute atomic E-state index is 13.2. The van der Waals surface area contributed by atoms with Gasteiger partial charge in [-0.1, -0.05) is 26.0 Å². The molecule has 1 aromatic rings. The van der Waals surface area contributed by atoms with Crippen LogP contribution < -0.4 is 10.6 Å². The van der Waals surface area contributed by atoms with Crippen LogP contribution in [0.15, 0.2) is 29.3 Å². The first kappa shape index (κ1) is 19.4. The van der Waals surface area contributed by atoms with Crippen molar-refractivity contribution in [1.82, 2.24) is 15.5 Å². The van der Waals surface area contributed by atoms with E-state index < -0.39 is 0 Å². The standard InChI is InChI=1S/C18H31FN4/c1-4-20-18(21-12-7-8-13-23(5-2)6-3)22-15-16-10-9-11-17(19)14-16/h9-11,14H,4-8,12-13,15H2,1-3H3,(H2,20,21,22). The van der Waals surface area contributed by atoms with Crippen LogP contribution in [0, 0.1) is 5.82 Å². The number of hydrogen-bond donors (Lipinski definition) is 2. The van der Waals surface area contributed by atoms with Gasteiger partial charge in [0.1, 0.15) is 5.82 Å². The summed E-state index contributed by atoms with van der Waals surface area (Å²) in [6.07, 6.45) is 2.29. The van der Waals surface area contributed by atoms with Gasteiger partial charge in [-0.3, -0.25) is 0 Å². The van der Waals surface area contributed by atoms with Gasteiger partial charge in [0.05, 0.1) is 6.54 Å². The Labute approximate surface area is 140 Å². The normalized spacial score (nSPS) is 11.8. The lowest BCUT2D eigenvalue weighted by molar-refractivity contribution is 0.297. The Balaban J connectivity index is 2.35. The SMILES string of the molecule is CCNC(=NCc1cccc(F)c1)NCCCCN(CC)CC. The van der Waals surface area contributed by atoms with E-state index in [0.29, 0.717) is 6.54 Å². The van der Waals surface area contributed by atoms with Crippen LogP contribution in [0.2, 0.25) is 0 Å². The highest BCUT2D eigenvalue weighted by atomic mass is 19.1. The second-order valence-electron chi connectivity index (χ2n) is 5.49. The zero-order chi connectivity index (χ0) is 16.9. The van der Waals surface area contributed by atoms with E-state index in [9.17, 15) is 4.39 Å². The molecule has 0 saturated heterocycles. The van der Waals surface area contributed by atoms with E-state index >= 15 is 0 Å². The number of unbranched alkanes of at least 4 members (excludes halogenated alkanes) is 1. The lowest BCUT2D eigenvalue weighted by atomic mass is 10.2. The van der Waals surface area contributed by atoms with Gasteiger partial charge in [-0.05, 0) is 57.1 Å². The van der Waals surface area contributed by atoms with E-state index in [4.69, 9.17) is 0 Å². The van der Waals surface area contributed by atoms with Crippen LogP contribution in [0.1, 0.15) is 39.2 Å². The largest absolute Gasteiger partial charge is 0.357 e. The number of hydrogen-bond acceptors (Lipinski definition) is 2. The van der Waals surface area contributed by atoms with E-state index in [1.807, 2.05) is 13.0 Å². The highest BCUT2D eigenvalue weighted by Gasteiger charge is 2.00. The fraction of sp³-hybridized carbons (Fsp3) is 0.611. The summed E-state index contributed by atoms with van der Waals surface area (Å²) in [5.41, 5.74) is 0.878. The van der Waals surface area contributed by atoms with Crippen LogP contribution in [0.5, 0.6) is 0 Å². The highest BCUT2D eigenvalue weighted by molar-refractivity contribution is 5.79. The molecule has 0 aliphatic rings. The van der Waals surface area contributed by atoms with E-state index in [1.165, 1.54) is 18.6 Å². The molecule has 1 rings (SSSR count). The van der Waals surface area contributed by atoms with Crippen molar-refractivity contribution in [3.63, 3.8) is 0 Å². The molecule has 5 heteroatoms. The van der Waals surface area contributed by atoms with Gasteiger partial charge in [0.2, 0.25) is 0 Å². The summed E-state index contributed by atoms with van der Waals surface area (Å²) in [6.45, 7) is 12.0. The van der Waals surface area contributed by atoms with Crippen LogP contribution in [0.4, 0.5) is 4.39 Å². The highest BCUT2D eigenvalue weighted by Crippen LogP contribution is 2.04. The van der Waals surface area contributed by atoms with Gasteiger partial charge < -0.3 is 15.5 Å². The van der Waals surface area contributed by atoms with Gasteiger partial charge in [-0.15, -0.1) is 0 Å². The van der Waals surface area contributed by atoms with Gasteiger partial charge in [0, 0.05) is 13.1 Å². The van der Waals surface area contributed by atoms with Crippen molar-refractivity contribution in [2.45, 2.75) is 40.2 Å². The van der Waals surface area contributed by atoms with Crippen molar-refractivity contribution in [2.24, 2.45) is 4.99 Å². The maximum Gasteiger partial charge on any atom is 0.191 e. The summed E-state index contributed by atoms with van der Waals surface area (Å²) in [4.78, 5) is 6.94. The minimum absolute atomic E-state index is 0.216. The van der Waals surface area contributed by atoms with E-state index in [0.717, 1.165) is 50.7 Å². The molecule has 1 aromatic carbocycles. The number of guanidine groups is 1. The monoisotopic (exact) mass is 322 g/mol. The number of benzene rings is 1. The first-order valence-corrected chi connectivity index (χ1v) is 8.68. The third-order valence-corrected chi connectivity index (χ3v) is 3.74. The molecule has 0 spiro atoms. The van der Waals surface area contributed by atoms with Crippen LogP contribution in [-0.2, 0) is 6.54 Å². The van der Waals surface area contributed by atoms with Crippen molar-refractivity contribution in [1.29, 1.82) is 0 Å². The minimum Gasteiger partial charge on any atom is -0.357 e. The molecular weight excluding hydrogens is 291 g/mol. The molecule has 0 unspecified atom stereocenters. The van der Waals surface area contributed by atoms with Crippen LogP contribution in [0.25, 0.3) is 0 Å². The van der Waals surface area contributed by atoms with Crippen LogP contribution in [-0.4, -0.2) is 43.6 Å². The van der Waals surface area contributed by atoms with E-state index in [2.05, 4.69) is 34.4 Å². The van der Waals surface area contributed by atoms with Crippen molar-refractivity contribution >= 4 is 5.96 Å². The Bertz CT molecular complexity index is 458. The molecular formula is C18H31FN4. The average Bonchev–Trinajstić information content (AvgIpc) is 2.56. The predicted molar refractivity (Wildman–Crippen MR) is 96.2 cm³/mol. The Morgan fingerprint density at radius 1 is 1.13 bits per heavy atom. The number of rotatable bonds is 10. The molecule has 0 aliphatic carbocycles. The van der Waals surface area contributed by atoms with Crippen LogP contribution >= 0.6 is 0 Å². The number of nitrogens with one attached hydrogen (secondary N) is 2. The molecule has 0 bridgehead atoms.